The number of carboxylic acids is 1. The molecule has 0 amide bonds. The van der Waals surface area contributed by atoms with Gasteiger partial charge in [-0.2, -0.15) is 0 Å². The zero-order chi connectivity index (χ0) is 13.9. The summed E-state index contributed by atoms with van der Waals surface area (Å²) in [6.07, 6.45) is 0. The van der Waals surface area contributed by atoms with Crippen LogP contribution in [0.25, 0.3) is 0 Å². The van der Waals surface area contributed by atoms with Crippen LogP contribution in [0, 0.1) is 0 Å². The van der Waals surface area contributed by atoms with E-state index in [4.69, 9.17) is 5.11 Å². The summed E-state index contributed by atoms with van der Waals surface area (Å²) in [5.74, 6) is -0.902. The van der Waals surface area contributed by atoms with E-state index in [-0.39, 0.29) is 5.41 Å². The van der Waals surface area contributed by atoms with E-state index < -0.39 is 5.97 Å². The van der Waals surface area contributed by atoms with Gasteiger partial charge in [0.25, 0.3) is 0 Å². The second-order valence-corrected chi connectivity index (χ2v) is 6.05. The number of benzene rings is 1. The van der Waals surface area contributed by atoms with Crippen LogP contribution in [0.2, 0.25) is 0 Å². The van der Waals surface area contributed by atoms with Crippen molar-refractivity contribution < 1.29 is 9.90 Å². The van der Waals surface area contributed by atoms with Crippen LogP contribution in [0.15, 0.2) is 41.8 Å². The third kappa shape index (κ3) is 3.35. The van der Waals surface area contributed by atoms with Crippen molar-refractivity contribution in [1.29, 1.82) is 0 Å². The Bertz CT molecular complexity index is 561. The second-order valence-electron chi connectivity index (χ2n) is 5.10. The maximum absolute atomic E-state index is 10.9. The predicted molar refractivity (Wildman–Crippen MR) is 79.2 cm³/mol. The number of nitrogens with one attached hydrogen (secondary N) is 1. The van der Waals surface area contributed by atoms with E-state index in [1.165, 1.54) is 4.88 Å². The molecule has 19 heavy (non-hydrogen) atoms. The van der Waals surface area contributed by atoms with E-state index in [0.717, 1.165) is 12.2 Å². The first kappa shape index (κ1) is 13.6. The zero-order valence-corrected chi connectivity index (χ0v) is 11.8. The highest BCUT2D eigenvalue weighted by Gasteiger charge is 2.21. The molecule has 2 rings (SSSR count). The van der Waals surface area contributed by atoms with Gasteiger partial charge in [0.2, 0.25) is 0 Å². The van der Waals surface area contributed by atoms with Gasteiger partial charge in [-0.05, 0) is 29.6 Å². The number of hydrogen-bond acceptors (Lipinski definition) is 3. The lowest BCUT2D eigenvalue weighted by Gasteiger charge is -2.24. The molecule has 0 spiro atoms. The number of anilines is 1. The number of aromatic carboxylic acids is 1. The van der Waals surface area contributed by atoms with Gasteiger partial charge in [-0.15, -0.1) is 11.3 Å². The quantitative estimate of drug-likeness (QED) is 0.871. The molecule has 0 aliphatic rings. The Kier molecular flexibility index (Phi) is 3.90. The van der Waals surface area contributed by atoms with Crippen molar-refractivity contribution in [3.63, 3.8) is 0 Å². The second kappa shape index (κ2) is 5.45. The SMILES string of the molecule is CC(C)(CNc1cccc(C(=O)O)c1)c1cccs1. The van der Waals surface area contributed by atoms with E-state index in [9.17, 15) is 4.79 Å². The summed E-state index contributed by atoms with van der Waals surface area (Å²) in [7, 11) is 0. The summed E-state index contributed by atoms with van der Waals surface area (Å²) in [6.45, 7) is 5.11. The Morgan fingerprint density at radius 2 is 2.11 bits per heavy atom. The molecule has 1 heterocycles. The van der Waals surface area contributed by atoms with Crippen LogP contribution in [0.5, 0.6) is 0 Å². The molecule has 4 heteroatoms. The third-order valence-electron chi connectivity index (χ3n) is 3.03. The number of rotatable bonds is 5. The van der Waals surface area contributed by atoms with Crippen LogP contribution < -0.4 is 5.32 Å². The van der Waals surface area contributed by atoms with Crippen molar-refractivity contribution in [2.24, 2.45) is 0 Å². The lowest BCUT2D eigenvalue weighted by Crippen LogP contribution is -2.26. The lowest BCUT2D eigenvalue weighted by molar-refractivity contribution is 0.0697. The van der Waals surface area contributed by atoms with Gasteiger partial charge in [0.05, 0.1) is 5.56 Å². The smallest absolute Gasteiger partial charge is 0.335 e. The van der Waals surface area contributed by atoms with Crippen molar-refractivity contribution in [2.75, 3.05) is 11.9 Å². The van der Waals surface area contributed by atoms with Crippen LogP contribution in [-0.4, -0.2) is 17.6 Å². The Morgan fingerprint density at radius 1 is 1.32 bits per heavy atom. The van der Waals surface area contributed by atoms with Crippen molar-refractivity contribution in [3.05, 3.63) is 52.2 Å². The number of hydrogen-bond donors (Lipinski definition) is 2. The maximum atomic E-state index is 10.9. The number of carbonyl (C=O) groups is 1. The average molecular weight is 275 g/mol. The minimum absolute atomic E-state index is 0.0212. The Hall–Kier alpha value is -1.81. The molecule has 0 radical (unpaired) electrons. The van der Waals surface area contributed by atoms with E-state index in [1.807, 2.05) is 12.1 Å². The van der Waals surface area contributed by atoms with Gasteiger partial charge in [-0.3, -0.25) is 0 Å². The molecular formula is C15H17NO2S. The van der Waals surface area contributed by atoms with Gasteiger partial charge in [0.1, 0.15) is 0 Å². The van der Waals surface area contributed by atoms with Crippen LogP contribution in [0.4, 0.5) is 5.69 Å². The van der Waals surface area contributed by atoms with E-state index in [1.54, 1.807) is 29.5 Å². The first-order valence-electron chi connectivity index (χ1n) is 6.10. The number of thiophene rings is 1. The van der Waals surface area contributed by atoms with Crippen molar-refractivity contribution in [1.82, 2.24) is 0 Å². The summed E-state index contributed by atoms with van der Waals surface area (Å²) < 4.78 is 0. The predicted octanol–water partition coefficient (Wildman–Crippen LogP) is 3.84. The average Bonchev–Trinajstić information content (AvgIpc) is 2.91. The minimum atomic E-state index is -0.902. The summed E-state index contributed by atoms with van der Waals surface area (Å²) in [5.41, 5.74) is 1.16. The molecule has 0 saturated carbocycles. The molecule has 2 N–H and O–H groups in total. The summed E-state index contributed by atoms with van der Waals surface area (Å²) in [6, 6.07) is 11.1. The van der Waals surface area contributed by atoms with Gasteiger partial charge in [-0.25, -0.2) is 4.79 Å². The fraction of sp³-hybridized carbons (Fsp3) is 0.267. The molecular weight excluding hydrogens is 258 g/mol. The van der Waals surface area contributed by atoms with E-state index in [2.05, 4.69) is 30.6 Å². The molecule has 0 bridgehead atoms. The molecule has 1 aromatic heterocycles. The van der Waals surface area contributed by atoms with Crippen molar-refractivity contribution in [3.8, 4) is 0 Å². The van der Waals surface area contributed by atoms with Gasteiger partial charge in [-0.1, -0.05) is 26.0 Å². The Labute approximate surface area is 116 Å². The van der Waals surface area contributed by atoms with Crippen molar-refractivity contribution >= 4 is 23.0 Å². The van der Waals surface area contributed by atoms with Gasteiger partial charge in [0.15, 0.2) is 0 Å². The lowest BCUT2D eigenvalue weighted by atomic mass is 9.91. The molecule has 2 aromatic rings. The van der Waals surface area contributed by atoms with Crippen LogP contribution in [0.3, 0.4) is 0 Å². The van der Waals surface area contributed by atoms with Crippen LogP contribution in [0.1, 0.15) is 29.1 Å². The first-order chi connectivity index (χ1) is 8.99. The van der Waals surface area contributed by atoms with E-state index >= 15 is 0 Å². The van der Waals surface area contributed by atoms with Crippen LogP contribution >= 0.6 is 11.3 Å². The summed E-state index contributed by atoms with van der Waals surface area (Å²) in [4.78, 5) is 12.2. The topological polar surface area (TPSA) is 49.3 Å². The molecule has 0 unspecified atom stereocenters. The molecule has 0 atom stereocenters. The largest absolute Gasteiger partial charge is 0.478 e. The molecule has 0 aliphatic carbocycles. The molecule has 100 valence electrons. The molecule has 3 nitrogen and oxygen atoms in total. The van der Waals surface area contributed by atoms with E-state index in [0.29, 0.717) is 5.56 Å². The zero-order valence-electron chi connectivity index (χ0n) is 11.0. The fourth-order valence-corrected chi connectivity index (χ4v) is 2.69. The van der Waals surface area contributed by atoms with Gasteiger partial charge in [0, 0.05) is 22.5 Å². The minimum Gasteiger partial charge on any atom is -0.478 e. The summed E-state index contributed by atoms with van der Waals surface area (Å²) in [5, 5.41) is 14.3. The molecule has 0 fully saturated rings. The Morgan fingerprint density at radius 3 is 2.74 bits per heavy atom. The number of carboxylic acid groups (broad SMARTS) is 1. The molecule has 0 saturated heterocycles. The third-order valence-corrected chi connectivity index (χ3v) is 4.27. The molecule has 1 aromatic carbocycles. The monoisotopic (exact) mass is 275 g/mol. The van der Waals surface area contributed by atoms with Crippen LogP contribution in [-0.2, 0) is 5.41 Å². The highest BCUT2D eigenvalue weighted by Crippen LogP contribution is 2.27. The van der Waals surface area contributed by atoms with Crippen molar-refractivity contribution in [2.45, 2.75) is 19.3 Å². The fourth-order valence-electron chi connectivity index (χ4n) is 1.84. The Balaban J connectivity index is 2.06. The maximum Gasteiger partial charge on any atom is 0.335 e. The first-order valence-corrected chi connectivity index (χ1v) is 6.98. The summed E-state index contributed by atoms with van der Waals surface area (Å²) >= 11 is 1.74. The highest BCUT2D eigenvalue weighted by atomic mass is 32.1. The molecule has 0 aliphatic heterocycles. The van der Waals surface area contributed by atoms with Gasteiger partial charge < -0.3 is 10.4 Å². The highest BCUT2D eigenvalue weighted by molar-refractivity contribution is 7.10. The normalized spacial score (nSPS) is 11.3. The standard InChI is InChI=1S/C15H17NO2S/c1-15(2,13-7-4-8-19-13)10-16-12-6-3-5-11(9-12)14(17)18/h3-9,16H,10H2,1-2H3,(H,17,18). The van der Waals surface area contributed by atoms with Gasteiger partial charge >= 0.3 is 5.97 Å².